The number of carbonyl (C=O) groups is 2. The van der Waals surface area contributed by atoms with E-state index in [4.69, 9.17) is 5.11 Å². The highest BCUT2D eigenvalue weighted by atomic mass is 32.2. The second-order valence-electron chi connectivity index (χ2n) is 4.60. The molecule has 23 heavy (non-hydrogen) atoms. The van der Waals surface area contributed by atoms with E-state index in [0.29, 0.717) is 23.6 Å². The maximum absolute atomic E-state index is 13.4. The minimum atomic E-state index is -1.19. The normalized spacial score (nSPS) is 10.5. The van der Waals surface area contributed by atoms with Gasteiger partial charge in [-0.2, -0.15) is 11.8 Å². The first-order chi connectivity index (χ1) is 11.1. The number of aromatic nitrogens is 3. The lowest BCUT2D eigenvalue weighted by molar-refractivity contribution is -0.121. The topological polar surface area (TPSA) is 97.1 Å². The Labute approximate surface area is 135 Å². The van der Waals surface area contributed by atoms with Gasteiger partial charge in [-0.15, -0.1) is 5.10 Å². The van der Waals surface area contributed by atoms with Crippen LogP contribution in [-0.2, 0) is 17.1 Å². The fraction of sp³-hybridized carbons (Fsp3) is 0.286. The molecule has 9 heteroatoms. The molecule has 0 radical (unpaired) electrons. The Morgan fingerprint density at radius 1 is 1.35 bits per heavy atom. The number of nitrogens with one attached hydrogen (secondary N) is 1. The van der Waals surface area contributed by atoms with Crippen molar-refractivity contribution < 1.29 is 19.1 Å². The van der Waals surface area contributed by atoms with E-state index in [2.05, 4.69) is 15.6 Å². The van der Waals surface area contributed by atoms with Crippen molar-refractivity contribution in [2.45, 2.75) is 12.3 Å². The molecular formula is C14H15FN4O3S. The number of halogens is 1. The van der Waals surface area contributed by atoms with Crippen LogP contribution in [0.4, 0.5) is 4.39 Å². The second kappa shape index (κ2) is 8.28. The zero-order valence-corrected chi connectivity index (χ0v) is 12.9. The van der Waals surface area contributed by atoms with Gasteiger partial charge in [0, 0.05) is 18.1 Å². The lowest BCUT2D eigenvalue weighted by Crippen LogP contribution is -2.29. The second-order valence-corrected chi connectivity index (χ2v) is 5.71. The standard InChI is InChI=1S/C14H15FN4O3S/c15-11-4-2-1-3-10(11)9-23-6-5-16-13(20)8-19-7-12(14(21)22)17-18-19/h1-4,7H,5-6,8-9H2,(H,16,20)(H,21,22). The third kappa shape index (κ3) is 5.37. The Balaban J connectivity index is 1.65. The molecular weight excluding hydrogens is 323 g/mol. The molecule has 122 valence electrons. The SMILES string of the molecule is O=C(Cn1cc(C(=O)O)nn1)NCCSCc1ccccc1F. The maximum Gasteiger partial charge on any atom is 0.358 e. The van der Waals surface area contributed by atoms with Gasteiger partial charge in [-0.25, -0.2) is 13.9 Å². The van der Waals surface area contributed by atoms with Crippen LogP contribution >= 0.6 is 11.8 Å². The van der Waals surface area contributed by atoms with Crippen molar-refractivity contribution in [1.29, 1.82) is 0 Å². The van der Waals surface area contributed by atoms with Crippen LogP contribution in [-0.4, -0.2) is 44.3 Å². The third-order valence-corrected chi connectivity index (χ3v) is 3.86. The first-order valence-corrected chi connectivity index (χ1v) is 7.93. The zero-order valence-electron chi connectivity index (χ0n) is 12.1. The quantitative estimate of drug-likeness (QED) is 0.701. The Morgan fingerprint density at radius 3 is 2.83 bits per heavy atom. The Morgan fingerprint density at radius 2 is 2.13 bits per heavy atom. The number of benzene rings is 1. The number of carbonyl (C=O) groups excluding carboxylic acids is 1. The maximum atomic E-state index is 13.4. The third-order valence-electron chi connectivity index (χ3n) is 2.85. The molecule has 2 rings (SSSR count). The first-order valence-electron chi connectivity index (χ1n) is 6.77. The highest BCUT2D eigenvalue weighted by molar-refractivity contribution is 7.98. The first kappa shape index (κ1) is 16.9. The molecule has 1 amide bonds. The molecule has 0 saturated heterocycles. The molecule has 0 aliphatic rings. The lowest BCUT2D eigenvalue weighted by atomic mass is 10.2. The van der Waals surface area contributed by atoms with E-state index in [-0.39, 0.29) is 24.0 Å². The van der Waals surface area contributed by atoms with Gasteiger partial charge in [0.25, 0.3) is 0 Å². The summed E-state index contributed by atoms with van der Waals surface area (Å²) in [7, 11) is 0. The van der Waals surface area contributed by atoms with E-state index < -0.39 is 5.97 Å². The number of aromatic carboxylic acids is 1. The summed E-state index contributed by atoms with van der Waals surface area (Å²) in [6, 6.07) is 6.57. The average Bonchev–Trinajstić information content (AvgIpc) is 2.97. The minimum absolute atomic E-state index is 0.0989. The van der Waals surface area contributed by atoms with Crippen molar-refractivity contribution in [3.8, 4) is 0 Å². The van der Waals surface area contributed by atoms with Crippen molar-refractivity contribution in [1.82, 2.24) is 20.3 Å². The van der Waals surface area contributed by atoms with Gasteiger partial charge in [0.05, 0.1) is 6.20 Å². The van der Waals surface area contributed by atoms with Crippen LogP contribution in [0.5, 0.6) is 0 Å². The van der Waals surface area contributed by atoms with Crippen LogP contribution in [0.25, 0.3) is 0 Å². The van der Waals surface area contributed by atoms with Crippen LogP contribution in [0, 0.1) is 5.82 Å². The van der Waals surface area contributed by atoms with Gasteiger partial charge in [0.2, 0.25) is 5.91 Å². The molecule has 0 atom stereocenters. The summed E-state index contributed by atoms with van der Waals surface area (Å²) in [5.74, 6) is -0.547. The average molecular weight is 338 g/mol. The summed E-state index contributed by atoms with van der Waals surface area (Å²) in [6.07, 6.45) is 1.19. The van der Waals surface area contributed by atoms with Gasteiger partial charge in [0.15, 0.2) is 5.69 Å². The lowest BCUT2D eigenvalue weighted by Gasteiger charge is -2.05. The summed E-state index contributed by atoms with van der Waals surface area (Å²) < 4.78 is 14.5. The van der Waals surface area contributed by atoms with Gasteiger partial charge < -0.3 is 10.4 Å². The molecule has 0 unspecified atom stereocenters. The number of rotatable bonds is 8. The Bertz CT molecular complexity index is 692. The van der Waals surface area contributed by atoms with Crippen molar-refractivity contribution in [2.75, 3.05) is 12.3 Å². The minimum Gasteiger partial charge on any atom is -0.476 e. The van der Waals surface area contributed by atoms with E-state index in [1.165, 1.54) is 24.0 Å². The number of hydrogen-bond acceptors (Lipinski definition) is 5. The Hall–Kier alpha value is -2.42. The van der Waals surface area contributed by atoms with Gasteiger partial charge in [-0.1, -0.05) is 23.4 Å². The van der Waals surface area contributed by atoms with Crippen molar-refractivity contribution in [3.63, 3.8) is 0 Å². The number of carboxylic acids is 1. The van der Waals surface area contributed by atoms with Crippen molar-refractivity contribution >= 4 is 23.6 Å². The van der Waals surface area contributed by atoms with Crippen molar-refractivity contribution in [2.24, 2.45) is 0 Å². The summed E-state index contributed by atoms with van der Waals surface area (Å²) in [4.78, 5) is 22.3. The fourth-order valence-corrected chi connectivity index (χ4v) is 2.58. The van der Waals surface area contributed by atoms with Gasteiger partial charge >= 0.3 is 5.97 Å². The fourth-order valence-electron chi connectivity index (χ4n) is 1.74. The number of nitrogens with zero attached hydrogens (tertiary/aromatic N) is 3. The summed E-state index contributed by atoms with van der Waals surface area (Å²) >= 11 is 1.51. The molecule has 7 nitrogen and oxygen atoms in total. The molecule has 1 heterocycles. The molecule has 2 N–H and O–H groups in total. The van der Waals surface area contributed by atoms with E-state index in [1.54, 1.807) is 18.2 Å². The predicted molar refractivity (Wildman–Crippen MR) is 82.6 cm³/mol. The molecule has 1 aromatic heterocycles. The van der Waals surface area contributed by atoms with Crippen LogP contribution < -0.4 is 5.32 Å². The summed E-state index contributed by atoms with van der Waals surface area (Å²) in [5.41, 5.74) is 0.422. The number of amides is 1. The molecule has 0 fully saturated rings. The van der Waals surface area contributed by atoms with Crippen LogP contribution in [0.15, 0.2) is 30.5 Å². The number of thioether (sulfide) groups is 1. The molecule has 0 aliphatic heterocycles. The predicted octanol–water partition coefficient (Wildman–Crippen LogP) is 1.16. The van der Waals surface area contributed by atoms with Gasteiger partial charge in [0.1, 0.15) is 12.4 Å². The van der Waals surface area contributed by atoms with Gasteiger partial charge in [-0.05, 0) is 11.6 Å². The van der Waals surface area contributed by atoms with E-state index in [1.807, 2.05) is 0 Å². The molecule has 0 aliphatic carbocycles. The Kier molecular flexibility index (Phi) is 6.10. The highest BCUT2D eigenvalue weighted by Crippen LogP contribution is 2.14. The van der Waals surface area contributed by atoms with Crippen LogP contribution in [0.1, 0.15) is 16.1 Å². The van der Waals surface area contributed by atoms with E-state index in [9.17, 15) is 14.0 Å². The van der Waals surface area contributed by atoms with Crippen LogP contribution in [0.3, 0.4) is 0 Å². The molecule has 2 aromatic rings. The molecule has 0 spiro atoms. The smallest absolute Gasteiger partial charge is 0.358 e. The largest absolute Gasteiger partial charge is 0.476 e. The zero-order chi connectivity index (χ0) is 16.7. The molecule has 0 bridgehead atoms. The highest BCUT2D eigenvalue weighted by Gasteiger charge is 2.10. The van der Waals surface area contributed by atoms with Crippen LogP contribution in [0.2, 0.25) is 0 Å². The van der Waals surface area contributed by atoms with E-state index >= 15 is 0 Å². The number of hydrogen-bond donors (Lipinski definition) is 2. The number of carboxylic acid groups (broad SMARTS) is 1. The molecule has 0 saturated carbocycles. The van der Waals surface area contributed by atoms with E-state index in [0.717, 1.165) is 4.68 Å². The summed E-state index contributed by atoms with van der Waals surface area (Å²) in [5, 5.41) is 18.3. The monoisotopic (exact) mass is 338 g/mol. The summed E-state index contributed by atoms with van der Waals surface area (Å²) in [6.45, 7) is 0.330. The van der Waals surface area contributed by atoms with Gasteiger partial charge in [-0.3, -0.25) is 4.79 Å². The molecule has 1 aromatic carbocycles. The van der Waals surface area contributed by atoms with Crippen molar-refractivity contribution in [3.05, 3.63) is 47.5 Å².